The van der Waals surface area contributed by atoms with Crippen LogP contribution < -0.4 is 0 Å². The van der Waals surface area contributed by atoms with Crippen LogP contribution in [0.5, 0.6) is 0 Å². The van der Waals surface area contributed by atoms with Gasteiger partial charge in [-0.2, -0.15) is 0 Å². The maximum Gasteiger partial charge on any atom is 0.306 e. The van der Waals surface area contributed by atoms with Crippen LogP contribution in [0.2, 0.25) is 0 Å². The molecule has 0 aliphatic carbocycles. The molecule has 0 aromatic carbocycles. The predicted octanol–water partition coefficient (Wildman–Crippen LogP) is 14.5. The van der Waals surface area contributed by atoms with E-state index in [1.165, 1.54) is 122 Å². The standard InChI is InChI=1S/C57H104O10/c1-4-7-10-12-14-15-16-17-18-19-20-21-22-28-37-44-57(62)67-50(49(59)45-54-53(66-54)39-31-9-6-3)38-32-26-23-29-35-42-55(60)63-46-48(58)47-64-56(61)43-36-30-24-27-34-41-52-51(65-52)40-33-25-13-11-8-5-2/h17-18,48-54,58-59H,4-16,19-47H2,1-3H3/b18-17-. The second-order valence-electron chi connectivity index (χ2n) is 20.3. The Morgan fingerprint density at radius 1 is 0.448 bits per heavy atom. The molecule has 2 aliphatic heterocycles. The molecule has 67 heavy (non-hydrogen) atoms. The second-order valence-corrected chi connectivity index (χ2v) is 20.3. The highest BCUT2D eigenvalue weighted by molar-refractivity contribution is 5.70. The Morgan fingerprint density at radius 3 is 1.30 bits per heavy atom. The summed E-state index contributed by atoms with van der Waals surface area (Å²) in [7, 11) is 0. The molecule has 2 fully saturated rings. The van der Waals surface area contributed by atoms with Crippen LogP contribution in [0.1, 0.15) is 278 Å². The Hall–Kier alpha value is -2.01. The summed E-state index contributed by atoms with van der Waals surface area (Å²) in [6, 6.07) is 0. The zero-order chi connectivity index (χ0) is 48.4. The van der Waals surface area contributed by atoms with Gasteiger partial charge in [-0.25, -0.2) is 0 Å². The van der Waals surface area contributed by atoms with E-state index < -0.39 is 18.3 Å². The van der Waals surface area contributed by atoms with Crippen molar-refractivity contribution in [1.29, 1.82) is 0 Å². The number of aliphatic hydroxyl groups is 2. The molecule has 2 aliphatic rings. The minimum absolute atomic E-state index is 0.0465. The first-order chi connectivity index (χ1) is 32.8. The first-order valence-corrected chi connectivity index (χ1v) is 28.6. The minimum Gasteiger partial charge on any atom is -0.463 e. The summed E-state index contributed by atoms with van der Waals surface area (Å²) in [6.45, 7) is 6.33. The Morgan fingerprint density at radius 2 is 0.806 bits per heavy atom. The third-order valence-electron chi connectivity index (χ3n) is 13.8. The van der Waals surface area contributed by atoms with E-state index in [0.717, 1.165) is 96.3 Å². The van der Waals surface area contributed by atoms with Gasteiger partial charge in [-0.3, -0.25) is 14.4 Å². The molecule has 7 unspecified atom stereocenters. The SMILES string of the molecule is CCCCCCCC/C=C\CCCCCCCC(=O)OC(CCCCCCCC(=O)OCC(O)COC(=O)CCCCCCCC1OC1CCCCCCCC)C(O)CC1OC1CCCCC. The number of rotatable bonds is 50. The van der Waals surface area contributed by atoms with E-state index in [1.807, 2.05) is 0 Å². The summed E-state index contributed by atoms with van der Waals surface area (Å²) in [5.41, 5.74) is 0. The monoisotopic (exact) mass is 949 g/mol. The van der Waals surface area contributed by atoms with E-state index >= 15 is 0 Å². The highest BCUT2D eigenvalue weighted by atomic mass is 16.6. The molecule has 10 heteroatoms. The van der Waals surface area contributed by atoms with Crippen molar-refractivity contribution < 1.29 is 48.3 Å². The van der Waals surface area contributed by atoms with Gasteiger partial charge in [-0.15, -0.1) is 0 Å². The van der Waals surface area contributed by atoms with Gasteiger partial charge in [-0.05, 0) is 77.0 Å². The molecule has 0 bridgehead atoms. The van der Waals surface area contributed by atoms with Gasteiger partial charge in [0.05, 0.1) is 30.5 Å². The fourth-order valence-corrected chi connectivity index (χ4v) is 9.20. The van der Waals surface area contributed by atoms with E-state index in [2.05, 4.69) is 32.9 Å². The van der Waals surface area contributed by atoms with Gasteiger partial charge in [-0.1, -0.05) is 187 Å². The average molecular weight is 949 g/mol. The van der Waals surface area contributed by atoms with Crippen LogP contribution in [0, 0.1) is 0 Å². The van der Waals surface area contributed by atoms with Crippen LogP contribution >= 0.6 is 0 Å². The van der Waals surface area contributed by atoms with Crippen molar-refractivity contribution in [3.05, 3.63) is 12.2 Å². The zero-order valence-corrected chi connectivity index (χ0v) is 43.6. The molecule has 392 valence electrons. The molecule has 0 aromatic rings. The maximum absolute atomic E-state index is 12.9. The third kappa shape index (κ3) is 36.6. The molecule has 0 radical (unpaired) electrons. The van der Waals surface area contributed by atoms with E-state index in [4.69, 9.17) is 23.7 Å². The van der Waals surface area contributed by atoms with Crippen molar-refractivity contribution in [2.45, 2.75) is 320 Å². The maximum atomic E-state index is 12.9. The van der Waals surface area contributed by atoms with Crippen LogP contribution in [-0.2, 0) is 38.1 Å². The lowest BCUT2D eigenvalue weighted by Crippen LogP contribution is -2.32. The second kappa shape index (κ2) is 42.8. The molecular formula is C57H104O10. The van der Waals surface area contributed by atoms with Crippen LogP contribution in [0.25, 0.3) is 0 Å². The van der Waals surface area contributed by atoms with Gasteiger partial charge in [0.1, 0.15) is 25.4 Å². The smallest absolute Gasteiger partial charge is 0.306 e. The van der Waals surface area contributed by atoms with Crippen LogP contribution in [0.15, 0.2) is 12.2 Å². The molecule has 2 rings (SSSR count). The van der Waals surface area contributed by atoms with Crippen molar-refractivity contribution in [3.63, 3.8) is 0 Å². The molecule has 0 saturated carbocycles. The number of aliphatic hydroxyl groups excluding tert-OH is 2. The number of carbonyl (C=O) groups excluding carboxylic acids is 3. The first kappa shape index (κ1) is 61.1. The highest BCUT2D eigenvalue weighted by Gasteiger charge is 2.41. The van der Waals surface area contributed by atoms with E-state index in [-0.39, 0.29) is 49.8 Å². The Balaban J connectivity index is 1.48. The molecule has 2 saturated heterocycles. The predicted molar refractivity (Wildman–Crippen MR) is 272 cm³/mol. The number of hydrogen-bond acceptors (Lipinski definition) is 10. The number of carbonyl (C=O) groups is 3. The molecule has 2 N–H and O–H groups in total. The van der Waals surface area contributed by atoms with Gasteiger partial charge in [0.15, 0.2) is 0 Å². The molecular weight excluding hydrogens is 845 g/mol. The van der Waals surface area contributed by atoms with E-state index in [1.54, 1.807) is 0 Å². The van der Waals surface area contributed by atoms with Crippen molar-refractivity contribution >= 4 is 17.9 Å². The number of esters is 3. The summed E-state index contributed by atoms with van der Waals surface area (Å²) < 4.78 is 28.1. The topological polar surface area (TPSA) is 144 Å². The fraction of sp³-hybridized carbons (Fsp3) is 0.912. The van der Waals surface area contributed by atoms with E-state index in [0.29, 0.717) is 44.3 Å². The lowest BCUT2D eigenvalue weighted by molar-refractivity contribution is -0.156. The van der Waals surface area contributed by atoms with Crippen molar-refractivity contribution in [3.8, 4) is 0 Å². The molecule has 10 nitrogen and oxygen atoms in total. The zero-order valence-electron chi connectivity index (χ0n) is 43.6. The summed E-state index contributed by atoms with van der Waals surface area (Å²) in [5.74, 6) is -0.920. The Kier molecular flexibility index (Phi) is 39.1. The normalized spacial score (nSPS) is 19.1. The number of epoxide rings is 2. The fourth-order valence-electron chi connectivity index (χ4n) is 9.20. The molecule has 0 spiro atoms. The number of hydrogen-bond donors (Lipinski definition) is 2. The number of allylic oxidation sites excluding steroid dienone is 2. The largest absolute Gasteiger partial charge is 0.463 e. The van der Waals surface area contributed by atoms with E-state index in [9.17, 15) is 24.6 Å². The summed E-state index contributed by atoms with van der Waals surface area (Å²) in [4.78, 5) is 37.4. The van der Waals surface area contributed by atoms with Gasteiger partial charge < -0.3 is 33.9 Å². The van der Waals surface area contributed by atoms with Crippen molar-refractivity contribution in [1.82, 2.24) is 0 Å². The lowest BCUT2D eigenvalue weighted by Gasteiger charge is -2.23. The Bertz CT molecular complexity index is 1210. The van der Waals surface area contributed by atoms with Gasteiger partial charge in [0.25, 0.3) is 0 Å². The van der Waals surface area contributed by atoms with Crippen LogP contribution in [0.4, 0.5) is 0 Å². The van der Waals surface area contributed by atoms with Gasteiger partial charge in [0, 0.05) is 25.7 Å². The Labute approximate surface area is 410 Å². The van der Waals surface area contributed by atoms with Gasteiger partial charge in [0.2, 0.25) is 0 Å². The lowest BCUT2D eigenvalue weighted by atomic mass is 9.99. The molecule has 2 heterocycles. The van der Waals surface area contributed by atoms with Crippen LogP contribution in [0.3, 0.4) is 0 Å². The molecule has 0 aromatic heterocycles. The quantitative estimate of drug-likeness (QED) is 0.0199. The summed E-state index contributed by atoms with van der Waals surface area (Å²) in [5, 5.41) is 21.4. The average Bonchev–Trinajstić information content (AvgIpc) is 4.26. The van der Waals surface area contributed by atoms with Gasteiger partial charge >= 0.3 is 17.9 Å². The van der Waals surface area contributed by atoms with Crippen LogP contribution in [-0.4, -0.2) is 84.1 Å². The highest BCUT2D eigenvalue weighted by Crippen LogP contribution is 2.33. The molecule has 7 atom stereocenters. The molecule has 0 amide bonds. The summed E-state index contributed by atoms with van der Waals surface area (Å²) in [6.07, 6.45) is 45.6. The third-order valence-corrected chi connectivity index (χ3v) is 13.8. The number of ether oxygens (including phenoxy) is 5. The van der Waals surface area contributed by atoms with Crippen molar-refractivity contribution in [2.75, 3.05) is 13.2 Å². The van der Waals surface area contributed by atoms with Crippen molar-refractivity contribution in [2.24, 2.45) is 0 Å². The summed E-state index contributed by atoms with van der Waals surface area (Å²) >= 11 is 0. The first-order valence-electron chi connectivity index (χ1n) is 28.6. The number of unbranched alkanes of at least 4 members (excludes halogenated alkanes) is 26. The minimum atomic E-state index is -1.04.